The van der Waals surface area contributed by atoms with Gasteiger partial charge in [0.25, 0.3) is 0 Å². The Hall–Kier alpha value is -2.27. The molecule has 0 N–H and O–H groups in total. The zero-order valence-electron chi connectivity index (χ0n) is 15.5. The number of aryl methyl sites for hydroxylation is 2. The quantitative estimate of drug-likeness (QED) is 0.599. The predicted molar refractivity (Wildman–Crippen MR) is 101 cm³/mol. The molecule has 0 amide bonds. The highest BCUT2D eigenvalue weighted by molar-refractivity contribution is 6.30. The molecule has 2 atom stereocenters. The van der Waals surface area contributed by atoms with Crippen LogP contribution in [0.15, 0.2) is 24.5 Å². The van der Waals surface area contributed by atoms with Crippen molar-refractivity contribution in [1.82, 2.24) is 9.78 Å². The van der Waals surface area contributed by atoms with Crippen LogP contribution in [0.4, 0.5) is 0 Å². The minimum atomic E-state index is -0.759. The van der Waals surface area contributed by atoms with Crippen LogP contribution < -0.4 is 0 Å². The second-order valence-electron chi connectivity index (χ2n) is 6.20. The fourth-order valence-corrected chi connectivity index (χ4v) is 3.59. The third-order valence-electron chi connectivity index (χ3n) is 4.52. The highest BCUT2D eigenvalue weighted by atomic mass is 35.5. The third-order valence-corrected chi connectivity index (χ3v) is 4.72. The summed E-state index contributed by atoms with van der Waals surface area (Å²) >= 11 is 5.91. The van der Waals surface area contributed by atoms with Crippen molar-refractivity contribution in [3.8, 4) is 5.69 Å². The Morgan fingerprint density at radius 2 is 1.85 bits per heavy atom. The van der Waals surface area contributed by atoms with Gasteiger partial charge in [-0.1, -0.05) is 25.4 Å². The highest BCUT2D eigenvalue weighted by Crippen LogP contribution is 2.37. The fourth-order valence-electron chi connectivity index (χ4n) is 3.46. The molecule has 2 aromatic rings. The van der Waals surface area contributed by atoms with Crippen molar-refractivity contribution >= 4 is 29.5 Å². The minimum absolute atomic E-state index is 0.104. The third kappa shape index (κ3) is 3.78. The van der Waals surface area contributed by atoms with Crippen LogP contribution in [-0.4, -0.2) is 27.6 Å². The molecular weight excluding hydrogens is 352 g/mol. The average molecular weight is 375 g/mol. The van der Waals surface area contributed by atoms with Crippen LogP contribution in [0.1, 0.15) is 49.3 Å². The molecule has 1 aliphatic carbocycles. The smallest absolute Gasteiger partial charge is 0.151 e. The van der Waals surface area contributed by atoms with Gasteiger partial charge >= 0.3 is 0 Å². The molecule has 5 nitrogen and oxygen atoms in total. The van der Waals surface area contributed by atoms with Gasteiger partial charge in [-0.3, -0.25) is 9.59 Å². The molecule has 0 radical (unpaired) electrons. The van der Waals surface area contributed by atoms with Crippen molar-refractivity contribution in [3.05, 3.63) is 46.2 Å². The Morgan fingerprint density at radius 3 is 2.35 bits per heavy atom. The summed E-state index contributed by atoms with van der Waals surface area (Å²) in [5.74, 6) is -1.49. The number of rotatable bonds is 4. The number of carbonyl (C=O) groups is 3. The van der Waals surface area contributed by atoms with Crippen LogP contribution in [0.3, 0.4) is 0 Å². The number of halogens is 1. The SMILES string of the molecule is CC.Cc1cc(-n2cc(Cl)cn2)cc(C)c1C1C(=O)CC(CC=O)C1=O. The second kappa shape index (κ2) is 8.41. The molecule has 3 rings (SSSR count). The van der Waals surface area contributed by atoms with E-state index in [1.807, 2.05) is 39.8 Å². The Kier molecular flexibility index (Phi) is 6.48. The van der Waals surface area contributed by atoms with Gasteiger partial charge in [-0.15, -0.1) is 0 Å². The van der Waals surface area contributed by atoms with Gasteiger partial charge in [0.05, 0.1) is 16.9 Å². The lowest BCUT2D eigenvalue weighted by Crippen LogP contribution is -2.18. The maximum absolute atomic E-state index is 12.6. The van der Waals surface area contributed by atoms with Gasteiger partial charge in [0.2, 0.25) is 0 Å². The number of hydrogen-bond acceptors (Lipinski definition) is 4. The lowest BCUT2D eigenvalue weighted by atomic mass is 9.87. The molecule has 1 saturated carbocycles. The van der Waals surface area contributed by atoms with Crippen LogP contribution in [-0.2, 0) is 14.4 Å². The number of benzene rings is 1. The van der Waals surface area contributed by atoms with E-state index in [0.717, 1.165) is 22.4 Å². The van der Waals surface area contributed by atoms with E-state index in [4.69, 9.17) is 11.6 Å². The lowest BCUT2D eigenvalue weighted by molar-refractivity contribution is -0.125. The van der Waals surface area contributed by atoms with Crippen LogP contribution in [0.5, 0.6) is 0 Å². The second-order valence-corrected chi connectivity index (χ2v) is 6.64. The van der Waals surface area contributed by atoms with Gasteiger partial charge in [-0.25, -0.2) is 4.68 Å². The van der Waals surface area contributed by atoms with Gasteiger partial charge < -0.3 is 4.79 Å². The molecular formula is C20H23ClN2O3. The standard InChI is InChI=1S/C18H17ClN2O3.C2H6/c1-10-5-14(21-9-13(19)8-20-21)6-11(2)16(10)17-15(23)7-12(3-4-22)18(17)24;1-2/h4-6,8-9,12,17H,3,7H2,1-2H3;1-2H3. The van der Waals surface area contributed by atoms with Gasteiger partial charge in [-0.05, 0) is 42.7 Å². The molecule has 2 unspecified atom stereocenters. The van der Waals surface area contributed by atoms with Crippen LogP contribution in [0.25, 0.3) is 5.69 Å². The predicted octanol–water partition coefficient (Wildman–Crippen LogP) is 4.00. The Balaban J connectivity index is 0.00000117. The summed E-state index contributed by atoms with van der Waals surface area (Å²) in [6.45, 7) is 7.76. The van der Waals surface area contributed by atoms with Crippen LogP contribution in [0.2, 0.25) is 5.02 Å². The van der Waals surface area contributed by atoms with Crippen LogP contribution in [0, 0.1) is 19.8 Å². The van der Waals surface area contributed by atoms with Gasteiger partial charge in [0, 0.05) is 25.0 Å². The maximum atomic E-state index is 12.6. The zero-order valence-corrected chi connectivity index (χ0v) is 16.2. The molecule has 1 heterocycles. The number of Topliss-reactive ketones (excluding diaryl/α,β-unsaturated/α-hetero) is 2. The first-order chi connectivity index (χ1) is 12.4. The Morgan fingerprint density at radius 1 is 1.23 bits per heavy atom. The molecule has 138 valence electrons. The molecule has 0 saturated heterocycles. The summed E-state index contributed by atoms with van der Waals surface area (Å²) < 4.78 is 1.65. The molecule has 26 heavy (non-hydrogen) atoms. The van der Waals surface area contributed by atoms with Crippen molar-refractivity contribution in [3.63, 3.8) is 0 Å². The summed E-state index contributed by atoms with van der Waals surface area (Å²) in [6.07, 6.45) is 4.22. The highest BCUT2D eigenvalue weighted by Gasteiger charge is 2.42. The van der Waals surface area contributed by atoms with E-state index in [1.165, 1.54) is 0 Å². The van der Waals surface area contributed by atoms with Crippen molar-refractivity contribution in [2.75, 3.05) is 0 Å². The van der Waals surface area contributed by atoms with Crippen molar-refractivity contribution < 1.29 is 14.4 Å². The monoisotopic (exact) mass is 374 g/mol. The average Bonchev–Trinajstić information content (AvgIpc) is 3.15. The molecule has 1 fully saturated rings. The van der Waals surface area contributed by atoms with E-state index < -0.39 is 11.8 Å². The van der Waals surface area contributed by atoms with Gasteiger partial charge in [-0.2, -0.15) is 5.10 Å². The zero-order chi connectivity index (χ0) is 19.4. The lowest BCUT2D eigenvalue weighted by Gasteiger charge is -2.17. The van der Waals surface area contributed by atoms with E-state index in [-0.39, 0.29) is 24.4 Å². The van der Waals surface area contributed by atoms with Crippen molar-refractivity contribution in [2.24, 2.45) is 5.92 Å². The summed E-state index contributed by atoms with van der Waals surface area (Å²) in [7, 11) is 0. The Labute approximate surface area is 158 Å². The first-order valence-corrected chi connectivity index (χ1v) is 9.12. The fraction of sp³-hybridized carbons (Fsp3) is 0.400. The normalized spacial score (nSPS) is 19.3. The van der Waals surface area contributed by atoms with Gasteiger partial charge in [0.15, 0.2) is 5.78 Å². The molecule has 0 spiro atoms. The van der Waals surface area contributed by atoms with E-state index in [1.54, 1.807) is 17.1 Å². The number of hydrogen-bond donors (Lipinski definition) is 0. The molecule has 6 heteroatoms. The van der Waals surface area contributed by atoms with Gasteiger partial charge in [0.1, 0.15) is 18.0 Å². The van der Waals surface area contributed by atoms with E-state index >= 15 is 0 Å². The summed E-state index contributed by atoms with van der Waals surface area (Å²) in [6, 6.07) is 3.78. The minimum Gasteiger partial charge on any atom is -0.303 e. The summed E-state index contributed by atoms with van der Waals surface area (Å²) in [5, 5.41) is 4.71. The molecule has 1 aromatic carbocycles. The molecule has 1 aromatic heterocycles. The topological polar surface area (TPSA) is 69.0 Å². The number of aromatic nitrogens is 2. The summed E-state index contributed by atoms with van der Waals surface area (Å²) in [4.78, 5) is 35.6. The molecule has 0 aliphatic heterocycles. The number of ketones is 2. The molecule has 1 aliphatic rings. The number of carbonyl (C=O) groups excluding carboxylic acids is 3. The maximum Gasteiger partial charge on any atom is 0.151 e. The van der Waals surface area contributed by atoms with Crippen LogP contribution >= 0.6 is 11.6 Å². The van der Waals surface area contributed by atoms with E-state index in [2.05, 4.69) is 5.10 Å². The summed E-state index contributed by atoms with van der Waals surface area (Å²) in [5.41, 5.74) is 3.29. The first-order valence-electron chi connectivity index (χ1n) is 8.74. The van der Waals surface area contributed by atoms with Crippen molar-refractivity contribution in [1.29, 1.82) is 0 Å². The number of aldehydes is 1. The van der Waals surface area contributed by atoms with E-state index in [9.17, 15) is 14.4 Å². The molecule has 0 bridgehead atoms. The number of nitrogens with zero attached hydrogens (tertiary/aromatic N) is 2. The van der Waals surface area contributed by atoms with E-state index in [0.29, 0.717) is 11.3 Å². The first kappa shape index (κ1) is 20.0. The Bertz CT molecular complexity index is 818. The van der Waals surface area contributed by atoms with Crippen molar-refractivity contribution in [2.45, 2.75) is 46.5 Å². The largest absolute Gasteiger partial charge is 0.303 e.